The van der Waals surface area contributed by atoms with E-state index in [0.717, 1.165) is 0 Å². The molecule has 0 bridgehead atoms. The van der Waals surface area contributed by atoms with E-state index in [9.17, 15) is 14.7 Å². The van der Waals surface area contributed by atoms with Gasteiger partial charge in [-0.25, -0.2) is 9.78 Å². The molecule has 9 nitrogen and oxygen atoms in total. The van der Waals surface area contributed by atoms with E-state index in [-0.39, 0.29) is 23.4 Å². The number of fused-ring (bicyclic) bond motifs is 1. The van der Waals surface area contributed by atoms with Crippen molar-refractivity contribution in [1.29, 1.82) is 0 Å². The zero-order valence-electron chi connectivity index (χ0n) is 15.9. The van der Waals surface area contributed by atoms with Gasteiger partial charge in [0.2, 0.25) is 5.89 Å². The molecule has 0 radical (unpaired) electrons. The van der Waals surface area contributed by atoms with Crippen LogP contribution in [-0.2, 0) is 11.2 Å². The van der Waals surface area contributed by atoms with Gasteiger partial charge in [-0.2, -0.15) is 10.2 Å². The van der Waals surface area contributed by atoms with E-state index in [0.29, 0.717) is 33.8 Å². The van der Waals surface area contributed by atoms with E-state index >= 15 is 0 Å². The van der Waals surface area contributed by atoms with Gasteiger partial charge < -0.3 is 19.7 Å². The Morgan fingerprint density at radius 1 is 0.903 bits per heavy atom. The molecule has 0 atom stereocenters. The molecule has 31 heavy (non-hydrogen) atoms. The second-order valence-corrected chi connectivity index (χ2v) is 6.65. The third-order valence-electron chi connectivity index (χ3n) is 4.41. The van der Waals surface area contributed by atoms with Crippen molar-refractivity contribution in [2.75, 3.05) is 0 Å². The van der Waals surface area contributed by atoms with E-state index < -0.39 is 11.9 Å². The van der Waals surface area contributed by atoms with Crippen molar-refractivity contribution in [3.63, 3.8) is 0 Å². The lowest BCUT2D eigenvalue weighted by Crippen LogP contribution is -1.99. The lowest BCUT2D eigenvalue weighted by Gasteiger charge is -2.00. The molecule has 0 aliphatic heterocycles. The van der Waals surface area contributed by atoms with Crippen LogP contribution in [0.15, 0.2) is 75.3 Å². The summed E-state index contributed by atoms with van der Waals surface area (Å²) in [6.45, 7) is 0. The number of hydrogen-bond donors (Lipinski definition) is 3. The summed E-state index contributed by atoms with van der Waals surface area (Å²) >= 11 is 0. The van der Waals surface area contributed by atoms with Crippen molar-refractivity contribution in [2.24, 2.45) is 10.2 Å². The Bertz CT molecular complexity index is 1330. The second-order valence-electron chi connectivity index (χ2n) is 6.65. The Balaban J connectivity index is 1.54. The van der Waals surface area contributed by atoms with E-state index in [1.165, 1.54) is 18.2 Å². The number of hydrogen-bond acceptors (Lipinski definition) is 7. The highest BCUT2D eigenvalue weighted by Crippen LogP contribution is 2.28. The van der Waals surface area contributed by atoms with Crippen molar-refractivity contribution in [3.05, 3.63) is 71.8 Å². The van der Waals surface area contributed by atoms with Gasteiger partial charge in [0.05, 0.1) is 17.8 Å². The lowest BCUT2D eigenvalue weighted by atomic mass is 10.1. The topological polar surface area (TPSA) is 146 Å². The van der Waals surface area contributed by atoms with Crippen LogP contribution in [0.3, 0.4) is 0 Å². The van der Waals surface area contributed by atoms with Gasteiger partial charge in [0, 0.05) is 5.56 Å². The maximum absolute atomic E-state index is 11.1. The normalized spacial score (nSPS) is 11.2. The number of aliphatic carboxylic acids is 1. The minimum atomic E-state index is -1.26. The van der Waals surface area contributed by atoms with Gasteiger partial charge in [0.1, 0.15) is 16.8 Å². The number of aromatic nitrogens is 1. The van der Waals surface area contributed by atoms with Crippen molar-refractivity contribution >= 4 is 34.4 Å². The Labute approximate surface area is 174 Å². The minimum Gasteiger partial charge on any atom is -0.507 e. The number of aromatic hydroxyl groups is 1. The third kappa shape index (κ3) is 4.40. The molecular weight excluding hydrogens is 402 g/mol. The van der Waals surface area contributed by atoms with Gasteiger partial charge in [0.15, 0.2) is 5.58 Å². The maximum Gasteiger partial charge on any atom is 0.339 e. The summed E-state index contributed by atoms with van der Waals surface area (Å²) in [5, 5.41) is 35.6. The number of aromatic carboxylic acids is 1. The van der Waals surface area contributed by atoms with Crippen LogP contribution in [0.4, 0.5) is 11.4 Å². The first-order valence-electron chi connectivity index (χ1n) is 9.09. The minimum absolute atomic E-state index is 0.0905. The first-order chi connectivity index (χ1) is 14.9. The molecule has 9 heteroatoms. The maximum atomic E-state index is 11.1. The van der Waals surface area contributed by atoms with E-state index in [1.54, 1.807) is 42.5 Å². The highest BCUT2D eigenvalue weighted by Gasteiger charge is 2.11. The molecule has 4 aromatic rings. The number of azo groups is 1. The Hall–Kier alpha value is -4.53. The van der Waals surface area contributed by atoms with Crippen molar-refractivity contribution in [1.82, 2.24) is 4.98 Å². The largest absolute Gasteiger partial charge is 0.507 e. The zero-order valence-corrected chi connectivity index (χ0v) is 15.9. The van der Waals surface area contributed by atoms with Crippen LogP contribution >= 0.6 is 0 Å². The van der Waals surface area contributed by atoms with Gasteiger partial charge in [-0.3, -0.25) is 4.79 Å². The fourth-order valence-corrected chi connectivity index (χ4v) is 2.92. The van der Waals surface area contributed by atoms with E-state index in [1.807, 2.05) is 0 Å². The van der Waals surface area contributed by atoms with Crippen LogP contribution in [0.2, 0.25) is 0 Å². The Kier molecular flexibility index (Phi) is 5.15. The molecule has 154 valence electrons. The third-order valence-corrected chi connectivity index (χ3v) is 4.41. The summed E-state index contributed by atoms with van der Waals surface area (Å²) in [6.07, 6.45) is -0.0905. The molecular formula is C22H15N3O6. The number of benzene rings is 3. The summed E-state index contributed by atoms with van der Waals surface area (Å²) in [4.78, 5) is 26.4. The summed E-state index contributed by atoms with van der Waals surface area (Å²) in [7, 11) is 0. The number of phenols is 1. The number of oxazole rings is 1. The molecule has 3 aromatic carbocycles. The number of carboxylic acid groups (broad SMARTS) is 2. The molecule has 0 spiro atoms. The number of rotatable bonds is 6. The smallest absolute Gasteiger partial charge is 0.339 e. The first-order valence-corrected chi connectivity index (χ1v) is 9.09. The predicted octanol–water partition coefficient (Wildman–Crippen LogP) is 4.94. The molecule has 0 aliphatic rings. The molecule has 0 amide bonds. The Morgan fingerprint density at radius 3 is 2.32 bits per heavy atom. The van der Waals surface area contributed by atoms with Crippen molar-refractivity contribution in [3.8, 4) is 17.2 Å². The fourth-order valence-electron chi connectivity index (χ4n) is 2.92. The molecule has 0 saturated heterocycles. The van der Waals surface area contributed by atoms with Crippen LogP contribution in [0.25, 0.3) is 22.6 Å². The highest BCUT2D eigenvalue weighted by molar-refractivity contribution is 5.91. The first kappa shape index (κ1) is 19.8. The lowest BCUT2D eigenvalue weighted by molar-refractivity contribution is -0.136. The Morgan fingerprint density at radius 2 is 1.61 bits per heavy atom. The predicted molar refractivity (Wildman–Crippen MR) is 110 cm³/mol. The van der Waals surface area contributed by atoms with E-state index in [2.05, 4.69) is 15.2 Å². The molecule has 1 heterocycles. The van der Waals surface area contributed by atoms with Crippen LogP contribution < -0.4 is 0 Å². The molecule has 0 aliphatic carbocycles. The van der Waals surface area contributed by atoms with Gasteiger partial charge in [0.25, 0.3) is 0 Å². The van der Waals surface area contributed by atoms with Gasteiger partial charge in [-0.15, -0.1) is 0 Å². The average molecular weight is 417 g/mol. The molecule has 1 aromatic heterocycles. The van der Waals surface area contributed by atoms with Gasteiger partial charge in [-0.05, 0) is 60.2 Å². The molecule has 0 fully saturated rings. The molecule has 0 unspecified atom stereocenters. The fraction of sp³-hybridized carbons (Fsp3) is 0.0455. The summed E-state index contributed by atoms with van der Waals surface area (Å²) in [6, 6.07) is 15.9. The molecule has 0 saturated carbocycles. The number of nitrogens with zero attached hydrogens (tertiary/aromatic N) is 3. The monoisotopic (exact) mass is 417 g/mol. The number of carboxylic acids is 2. The highest BCUT2D eigenvalue weighted by atomic mass is 16.4. The summed E-state index contributed by atoms with van der Waals surface area (Å²) in [5.74, 6) is -2.13. The summed E-state index contributed by atoms with van der Waals surface area (Å²) < 4.78 is 5.74. The second kappa shape index (κ2) is 8.07. The molecule has 3 N–H and O–H groups in total. The van der Waals surface area contributed by atoms with Crippen molar-refractivity contribution < 1.29 is 29.3 Å². The van der Waals surface area contributed by atoms with Crippen LogP contribution in [0, 0.1) is 0 Å². The number of carbonyl (C=O) groups is 2. The van der Waals surface area contributed by atoms with Gasteiger partial charge in [-0.1, -0.05) is 6.07 Å². The van der Waals surface area contributed by atoms with Crippen LogP contribution in [0.1, 0.15) is 15.9 Å². The summed E-state index contributed by atoms with van der Waals surface area (Å²) in [5.41, 5.74) is 3.01. The van der Waals surface area contributed by atoms with Crippen LogP contribution in [-0.4, -0.2) is 32.2 Å². The molecule has 4 rings (SSSR count). The van der Waals surface area contributed by atoms with E-state index in [4.69, 9.17) is 14.6 Å². The standard InChI is InChI=1S/C22H15N3O6/c26-18-7-6-15(11-16(18)22(29)30)25-24-14-4-2-13(3-5-14)21-23-17-9-12(10-20(27)28)1-8-19(17)31-21/h1-9,11,26H,10H2,(H,27,28)(H,29,30). The quantitative estimate of drug-likeness (QED) is 0.377. The van der Waals surface area contributed by atoms with Gasteiger partial charge >= 0.3 is 11.9 Å². The van der Waals surface area contributed by atoms with Crippen molar-refractivity contribution in [2.45, 2.75) is 6.42 Å². The zero-order chi connectivity index (χ0) is 22.0. The SMILES string of the molecule is O=C(O)Cc1ccc2oc(-c3ccc(N=Nc4ccc(O)c(C(=O)O)c4)cc3)nc2c1. The average Bonchev–Trinajstić information content (AvgIpc) is 3.16. The van der Waals surface area contributed by atoms with Crippen LogP contribution in [0.5, 0.6) is 5.75 Å².